The number of benzene rings is 1. The fourth-order valence-electron chi connectivity index (χ4n) is 4.00. The highest BCUT2D eigenvalue weighted by atomic mass is 15.3. The maximum atomic E-state index is 4.91. The van der Waals surface area contributed by atoms with Crippen molar-refractivity contribution in [1.82, 2.24) is 24.1 Å². The van der Waals surface area contributed by atoms with Crippen molar-refractivity contribution in [3.8, 4) is 11.3 Å². The second-order valence-electron chi connectivity index (χ2n) is 7.49. The van der Waals surface area contributed by atoms with Crippen LogP contribution in [0.5, 0.6) is 0 Å². The molecule has 1 aromatic carbocycles. The van der Waals surface area contributed by atoms with E-state index in [1.54, 1.807) is 0 Å². The molecule has 142 valence electrons. The van der Waals surface area contributed by atoms with Crippen LogP contribution in [-0.4, -0.2) is 30.7 Å². The van der Waals surface area contributed by atoms with Crippen molar-refractivity contribution in [2.75, 3.05) is 11.9 Å². The van der Waals surface area contributed by atoms with Gasteiger partial charge in [-0.1, -0.05) is 23.8 Å². The number of rotatable bonds is 6. The second-order valence-corrected chi connectivity index (χ2v) is 7.49. The number of fused-ring (bicyclic) bond motifs is 2. The standard InChI is InChI=1S/C22H24N6/c1-16-5-2-6-17(13-16)20-14-21-25-19-8-3-7-18(19)22(28(21)26-20)24-9-4-11-27-12-10-23-15-27/h2,5-6,10,12-15,24H,3-4,7-9,11H2,1H3. The Labute approximate surface area is 164 Å². The first-order chi connectivity index (χ1) is 13.8. The van der Waals surface area contributed by atoms with Crippen molar-refractivity contribution in [2.24, 2.45) is 0 Å². The van der Waals surface area contributed by atoms with Gasteiger partial charge in [-0.05, 0) is 38.7 Å². The van der Waals surface area contributed by atoms with Crippen LogP contribution in [0.4, 0.5) is 5.82 Å². The van der Waals surface area contributed by atoms with E-state index < -0.39 is 0 Å². The van der Waals surface area contributed by atoms with E-state index in [4.69, 9.17) is 10.1 Å². The van der Waals surface area contributed by atoms with Gasteiger partial charge in [0.2, 0.25) is 0 Å². The average molecular weight is 372 g/mol. The Kier molecular flexibility index (Phi) is 4.31. The van der Waals surface area contributed by atoms with Gasteiger partial charge in [0.15, 0.2) is 5.65 Å². The summed E-state index contributed by atoms with van der Waals surface area (Å²) in [6.07, 6.45) is 10.0. The Morgan fingerprint density at radius 3 is 3.00 bits per heavy atom. The Hall–Kier alpha value is -3.15. The summed E-state index contributed by atoms with van der Waals surface area (Å²) >= 11 is 0. The van der Waals surface area contributed by atoms with Gasteiger partial charge in [0.05, 0.1) is 12.0 Å². The fraction of sp³-hybridized carbons (Fsp3) is 0.318. The molecule has 0 radical (unpaired) electrons. The summed E-state index contributed by atoms with van der Waals surface area (Å²) < 4.78 is 4.11. The zero-order valence-corrected chi connectivity index (χ0v) is 16.1. The normalized spacial score (nSPS) is 13.2. The van der Waals surface area contributed by atoms with Crippen LogP contribution < -0.4 is 5.32 Å². The molecule has 0 saturated carbocycles. The van der Waals surface area contributed by atoms with Crippen LogP contribution in [0.3, 0.4) is 0 Å². The van der Waals surface area contributed by atoms with E-state index in [1.807, 2.05) is 23.2 Å². The third-order valence-corrected chi connectivity index (χ3v) is 5.38. The molecule has 1 N–H and O–H groups in total. The molecule has 0 bridgehead atoms. The van der Waals surface area contributed by atoms with Crippen molar-refractivity contribution in [3.05, 3.63) is 65.9 Å². The molecule has 0 spiro atoms. The molecular weight excluding hydrogens is 348 g/mol. The van der Waals surface area contributed by atoms with Gasteiger partial charge in [-0.25, -0.2) is 9.97 Å². The molecule has 6 nitrogen and oxygen atoms in total. The first-order valence-electron chi connectivity index (χ1n) is 9.96. The molecule has 0 unspecified atom stereocenters. The highest BCUT2D eigenvalue weighted by Crippen LogP contribution is 2.30. The van der Waals surface area contributed by atoms with Crippen LogP contribution in [0, 0.1) is 6.92 Å². The minimum atomic E-state index is 0.892. The first-order valence-corrected chi connectivity index (χ1v) is 9.96. The summed E-state index contributed by atoms with van der Waals surface area (Å²) in [6, 6.07) is 10.6. The zero-order chi connectivity index (χ0) is 18.9. The Morgan fingerprint density at radius 1 is 1.18 bits per heavy atom. The maximum absolute atomic E-state index is 4.91. The lowest BCUT2D eigenvalue weighted by molar-refractivity contribution is 0.658. The van der Waals surface area contributed by atoms with E-state index >= 15 is 0 Å². The first kappa shape index (κ1) is 17.0. The van der Waals surface area contributed by atoms with Crippen LogP contribution in [0.25, 0.3) is 16.9 Å². The molecule has 0 atom stereocenters. The predicted molar refractivity (Wildman–Crippen MR) is 111 cm³/mol. The van der Waals surface area contributed by atoms with Gasteiger partial charge < -0.3 is 9.88 Å². The smallest absolute Gasteiger partial charge is 0.158 e. The summed E-state index contributed by atoms with van der Waals surface area (Å²) in [5.74, 6) is 1.11. The third kappa shape index (κ3) is 3.15. The Bertz CT molecular complexity index is 1110. The lowest BCUT2D eigenvalue weighted by atomic mass is 10.1. The number of nitrogens with zero attached hydrogens (tertiary/aromatic N) is 5. The van der Waals surface area contributed by atoms with Crippen LogP contribution in [0.1, 0.15) is 29.7 Å². The molecule has 3 aromatic heterocycles. The molecule has 28 heavy (non-hydrogen) atoms. The topological polar surface area (TPSA) is 60.0 Å². The van der Waals surface area contributed by atoms with Gasteiger partial charge in [0.25, 0.3) is 0 Å². The summed E-state index contributed by atoms with van der Waals surface area (Å²) in [5.41, 5.74) is 6.82. The van der Waals surface area contributed by atoms with Crippen LogP contribution in [-0.2, 0) is 19.4 Å². The van der Waals surface area contributed by atoms with E-state index in [-0.39, 0.29) is 0 Å². The predicted octanol–water partition coefficient (Wildman–Crippen LogP) is 3.89. The molecule has 0 saturated heterocycles. The lowest BCUT2D eigenvalue weighted by Crippen LogP contribution is -2.12. The molecule has 1 aliphatic carbocycles. The van der Waals surface area contributed by atoms with Gasteiger partial charge in [-0.3, -0.25) is 0 Å². The van der Waals surface area contributed by atoms with Gasteiger partial charge in [-0.15, -0.1) is 0 Å². The second kappa shape index (κ2) is 7.11. The number of aromatic nitrogens is 5. The van der Waals surface area contributed by atoms with E-state index in [1.165, 1.54) is 23.2 Å². The molecule has 3 heterocycles. The Morgan fingerprint density at radius 2 is 2.14 bits per heavy atom. The summed E-state index contributed by atoms with van der Waals surface area (Å²) in [7, 11) is 0. The largest absolute Gasteiger partial charge is 0.370 e. The monoisotopic (exact) mass is 372 g/mol. The molecule has 6 heteroatoms. The van der Waals surface area contributed by atoms with E-state index in [2.05, 4.69) is 52.1 Å². The summed E-state index contributed by atoms with van der Waals surface area (Å²) in [5, 5.41) is 8.56. The molecule has 5 rings (SSSR count). The number of aryl methyl sites for hydroxylation is 3. The molecule has 0 fully saturated rings. The molecule has 0 amide bonds. The molecule has 4 aromatic rings. The van der Waals surface area contributed by atoms with E-state index in [0.29, 0.717) is 0 Å². The zero-order valence-electron chi connectivity index (χ0n) is 16.1. The van der Waals surface area contributed by atoms with Crippen molar-refractivity contribution < 1.29 is 0 Å². The minimum absolute atomic E-state index is 0.892. The van der Waals surface area contributed by atoms with Gasteiger partial charge >= 0.3 is 0 Å². The number of anilines is 1. The summed E-state index contributed by atoms with van der Waals surface area (Å²) in [6.45, 7) is 3.96. The average Bonchev–Trinajstić information content (AvgIpc) is 3.44. The third-order valence-electron chi connectivity index (χ3n) is 5.38. The molecule has 1 aliphatic rings. The highest BCUT2D eigenvalue weighted by Gasteiger charge is 2.21. The number of hydrogen-bond donors (Lipinski definition) is 1. The fourth-order valence-corrected chi connectivity index (χ4v) is 4.00. The number of hydrogen-bond acceptors (Lipinski definition) is 4. The molecule has 0 aliphatic heterocycles. The summed E-state index contributed by atoms with van der Waals surface area (Å²) in [4.78, 5) is 9.01. The van der Waals surface area contributed by atoms with Crippen molar-refractivity contribution in [2.45, 2.75) is 39.2 Å². The van der Waals surface area contributed by atoms with Crippen LogP contribution in [0.15, 0.2) is 49.1 Å². The van der Waals surface area contributed by atoms with Gasteiger partial charge in [-0.2, -0.15) is 9.61 Å². The Balaban J connectivity index is 1.46. The van der Waals surface area contributed by atoms with Crippen molar-refractivity contribution in [3.63, 3.8) is 0 Å². The van der Waals surface area contributed by atoms with Crippen LogP contribution in [0.2, 0.25) is 0 Å². The van der Waals surface area contributed by atoms with Crippen molar-refractivity contribution >= 4 is 11.5 Å². The van der Waals surface area contributed by atoms with E-state index in [0.717, 1.165) is 55.1 Å². The highest BCUT2D eigenvalue weighted by molar-refractivity contribution is 5.67. The van der Waals surface area contributed by atoms with Gasteiger partial charge in [0, 0.05) is 48.4 Å². The SMILES string of the molecule is Cc1cccc(-c2cc3nc4c(c(NCCCn5ccnc5)n3n2)CCC4)c1. The minimum Gasteiger partial charge on any atom is -0.370 e. The van der Waals surface area contributed by atoms with E-state index in [9.17, 15) is 0 Å². The lowest BCUT2D eigenvalue weighted by Gasteiger charge is -2.13. The van der Waals surface area contributed by atoms with Gasteiger partial charge in [0.1, 0.15) is 5.82 Å². The maximum Gasteiger partial charge on any atom is 0.158 e. The van der Waals surface area contributed by atoms with Crippen LogP contribution >= 0.6 is 0 Å². The van der Waals surface area contributed by atoms with Crippen molar-refractivity contribution in [1.29, 1.82) is 0 Å². The quantitative estimate of drug-likeness (QED) is 0.522. The number of imidazole rings is 1. The molecular formula is C22H24N6. The number of nitrogens with one attached hydrogen (secondary N) is 1.